The Balaban J connectivity index is 1.59. The molecule has 0 unspecified atom stereocenters. The van der Waals surface area contributed by atoms with E-state index in [1.165, 1.54) is 25.9 Å². The molecule has 122 valence electrons. The predicted molar refractivity (Wildman–Crippen MR) is 96.4 cm³/mol. The lowest BCUT2D eigenvalue weighted by atomic mass is 9.79. The summed E-state index contributed by atoms with van der Waals surface area (Å²) < 4.78 is 1.14. The maximum Gasteiger partial charge on any atom is 0.270 e. The molecule has 3 aliphatic heterocycles. The highest BCUT2D eigenvalue weighted by molar-refractivity contribution is 7.98. The molecule has 3 aliphatic rings. The van der Waals surface area contributed by atoms with Crippen LogP contribution in [0.4, 0.5) is 0 Å². The average molecular weight is 348 g/mol. The molecule has 2 aromatic rings. The van der Waals surface area contributed by atoms with Gasteiger partial charge in [-0.1, -0.05) is 0 Å². The van der Waals surface area contributed by atoms with Gasteiger partial charge in [-0.05, 0) is 62.5 Å². The summed E-state index contributed by atoms with van der Waals surface area (Å²) in [6.45, 7) is 4.59. The largest absolute Gasteiger partial charge is 0.346 e. The normalized spacial score (nSPS) is 29.8. The second kappa shape index (κ2) is 6.07. The molecule has 3 fully saturated rings. The Labute approximate surface area is 144 Å². The Kier molecular flexibility index (Phi) is 4.07. The number of hydrogen-bond acceptors (Lipinski definition) is 5. The van der Waals surface area contributed by atoms with E-state index in [1.807, 2.05) is 12.3 Å². The number of carbonyl (C=O) groups is 1. The first kappa shape index (κ1) is 15.4. The molecule has 5 heterocycles. The molecular weight excluding hydrogens is 326 g/mol. The minimum absolute atomic E-state index is 0.0267. The first-order valence-electron chi connectivity index (χ1n) is 8.14. The van der Waals surface area contributed by atoms with Gasteiger partial charge < -0.3 is 5.32 Å². The van der Waals surface area contributed by atoms with Crippen molar-refractivity contribution in [3.05, 3.63) is 23.2 Å². The van der Waals surface area contributed by atoms with Crippen LogP contribution in [0.1, 0.15) is 30.3 Å². The third-order valence-corrected chi connectivity index (χ3v) is 6.88. The molecule has 23 heavy (non-hydrogen) atoms. The highest BCUT2D eigenvalue weighted by Gasteiger charge is 2.40. The van der Waals surface area contributed by atoms with Gasteiger partial charge in [0.25, 0.3) is 5.91 Å². The molecule has 6 heteroatoms. The number of thiophene rings is 1. The number of piperidine rings is 3. The van der Waals surface area contributed by atoms with E-state index in [9.17, 15) is 4.79 Å². The van der Waals surface area contributed by atoms with Gasteiger partial charge in [-0.3, -0.25) is 9.69 Å². The zero-order valence-corrected chi connectivity index (χ0v) is 15.0. The maximum atomic E-state index is 12.8. The molecular formula is C17H21N3OS2. The SMILES string of the molecule is CSc1nc(C(=O)N[C@@H]2C3CCN(CC3)[C@@H]2C)cc2sccc12. The zero-order valence-electron chi connectivity index (χ0n) is 13.4. The van der Waals surface area contributed by atoms with Crippen molar-refractivity contribution in [3.8, 4) is 0 Å². The summed E-state index contributed by atoms with van der Waals surface area (Å²) in [5, 5.41) is 7.42. The Morgan fingerprint density at radius 3 is 2.91 bits per heavy atom. The van der Waals surface area contributed by atoms with E-state index < -0.39 is 0 Å². The Bertz CT molecular complexity index is 735. The summed E-state index contributed by atoms with van der Waals surface area (Å²) in [6.07, 6.45) is 4.40. The molecule has 1 N–H and O–H groups in total. The van der Waals surface area contributed by atoms with Crippen LogP contribution in [0.2, 0.25) is 0 Å². The van der Waals surface area contributed by atoms with Crippen molar-refractivity contribution < 1.29 is 4.79 Å². The predicted octanol–water partition coefficient (Wildman–Crippen LogP) is 3.23. The number of nitrogens with one attached hydrogen (secondary N) is 1. The van der Waals surface area contributed by atoms with Gasteiger partial charge in [0.15, 0.2) is 0 Å². The molecule has 0 radical (unpaired) electrons. The van der Waals surface area contributed by atoms with Gasteiger partial charge in [0.1, 0.15) is 10.7 Å². The number of nitrogens with zero attached hydrogens (tertiary/aromatic N) is 2. The van der Waals surface area contributed by atoms with Gasteiger partial charge >= 0.3 is 0 Å². The molecule has 2 bridgehead atoms. The second-order valence-electron chi connectivity index (χ2n) is 6.46. The lowest BCUT2D eigenvalue weighted by molar-refractivity contribution is 0.0216. The van der Waals surface area contributed by atoms with E-state index in [1.54, 1.807) is 23.1 Å². The molecule has 3 saturated heterocycles. The molecule has 0 spiro atoms. The molecule has 1 amide bonds. The van der Waals surface area contributed by atoms with E-state index in [4.69, 9.17) is 0 Å². The van der Waals surface area contributed by atoms with Crippen molar-refractivity contribution >= 4 is 39.1 Å². The summed E-state index contributed by atoms with van der Waals surface area (Å²) in [4.78, 5) is 19.9. The fraction of sp³-hybridized carbons (Fsp3) is 0.529. The fourth-order valence-corrected chi connectivity index (χ4v) is 5.45. The summed E-state index contributed by atoms with van der Waals surface area (Å²) in [6, 6.07) is 4.69. The minimum atomic E-state index is -0.0267. The first-order valence-corrected chi connectivity index (χ1v) is 10.2. The number of hydrogen-bond donors (Lipinski definition) is 1. The van der Waals surface area contributed by atoms with E-state index >= 15 is 0 Å². The number of aromatic nitrogens is 1. The molecule has 2 atom stereocenters. The van der Waals surface area contributed by atoms with Gasteiger partial charge in [0, 0.05) is 22.2 Å². The van der Waals surface area contributed by atoms with Crippen LogP contribution in [0, 0.1) is 5.92 Å². The first-order chi connectivity index (χ1) is 11.2. The minimum Gasteiger partial charge on any atom is -0.346 e. The quantitative estimate of drug-likeness (QED) is 0.866. The van der Waals surface area contributed by atoms with Gasteiger partial charge in [0.05, 0.1) is 0 Å². The topological polar surface area (TPSA) is 45.2 Å². The van der Waals surface area contributed by atoms with Crippen LogP contribution >= 0.6 is 23.1 Å². The van der Waals surface area contributed by atoms with E-state index in [0.29, 0.717) is 17.7 Å². The van der Waals surface area contributed by atoms with Crippen molar-refractivity contribution in [2.24, 2.45) is 5.92 Å². The summed E-state index contributed by atoms with van der Waals surface area (Å²) >= 11 is 3.27. The second-order valence-corrected chi connectivity index (χ2v) is 8.21. The Morgan fingerprint density at radius 2 is 2.22 bits per heavy atom. The third kappa shape index (κ3) is 2.66. The van der Waals surface area contributed by atoms with Crippen molar-refractivity contribution in [2.45, 2.75) is 36.9 Å². The van der Waals surface area contributed by atoms with Crippen molar-refractivity contribution in [2.75, 3.05) is 19.3 Å². The number of rotatable bonds is 3. The van der Waals surface area contributed by atoms with Gasteiger partial charge in [-0.2, -0.15) is 0 Å². The number of carbonyl (C=O) groups excluding carboxylic acids is 1. The van der Waals surface area contributed by atoms with E-state index in [0.717, 1.165) is 15.1 Å². The Hall–Kier alpha value is -1.11. The average Bonchev–Trinajstić information content (AvgIpc) is 3.06. The summed E-state index contributed by atoms with van der Waals surface area (Å²) in [5.74, 6) is 0.589. The number of amides is 1. The van der Waals surface area contributed by atoms with Crippen LogP contribution in [0.15, 0.2) is 22.5 Å². The number of fused-ring (bicyclic) bond motifs is 4. The van der Waals surface area contributed by atoms with Crippen molar-refractivity contribution in [1.29, 1.82) is 0 Å². The number of pyridine rings is 1. The lowest BCUT2D eigenvalue weighted by Gasteiger charge is -2.49. The molecule has 2 aromatic heterocycles. The van der Waals surface area contributed by atoms with Gasteiger partial charge in [-0.25, -0.2) is 4.98 Å². The Morgan fingerprint density at radius 1 is 1.43 bits per heavy atom. The van der Waals surface area contributed by atoms with Crippen molar-refractivity contribution in [1.82, 2.24) is 15.2 Å². The summed E-state index contributed by atoms with van der Waals surface area (Å²) in [5.41, 5.74) is 0.549. The monoisotopic (exact) mass is 347 g/mol. The number of thioether (sulfide) groups is 1. The van der Waals surface area contributed by atoms with Crippen LogP contribution in [-0.4, -0.2) is 47.2 Å². The van der Waals surface area contributed by atoms with Crippen LogP contribution in [0.25, 0.3) is 10.1 Å². The highest BCUT2D eigenvalue weighted by atomic mass is 32.2. The zero-order chi connectivity index (χ0) is 16.0. The molecule has 5 rings (SSSR count). The van der Waals surface area contributed by atoms with E-state index in [-0.39, 0.29) is 11.9 Å². The standard InChI is InChI=1S/C17H21N3OS2/c1-10-15(11-3-6-20(10)7-4-11)19-16(21)13-9-14-12(5-8-23-14)17(18-13)22-2/h5,8-11,15H,3-4,6-7H2,1-2H3,(H,19,21)/t10-,15+/m1/s1. The lowest BCUT2D eigenvalue weighted by Crippen LogP contribution is -2.62. The van der Waals surface area contributed by atoms with Gasteiger partial charge in [0.2, 0.25) is 0 Å². The fourth-order valence-electron chi connectivity index (χ4n) is 3.98. The van der Waals surface area contributed by atoms with E-state index in [2.05, 4.69) is 33.6 Å². The molecule has 0 aliphatic carbocycles. The van der Waals surface area contributed by atoms with Crippen molar-refractivity contribution in [3.63, 3.8) is 0 Å². The molecule has 0 aromatic carbocycles. The van der Waals surface area contributed by atoms with Crippen LogP contribution < -0.4 is 5.32 Å². The smallest absolute Gasteiger partial charge is 0.270 e. The summed E-state index contributed by atoms with van der Waals surface area (Å²) in [7, 11) is 0. The third-order valence-electron chi connectivity index (χ3n) is 5.32. The molecule has 0 saturated carbocycles. The maximum absolute atomic E-state index is 12.8. The van der Waals surface area contributed by atoms with Crippen LogP contribution in [-0.2, 0) is 0 Å². The molecule has 4 nitrogen and oxygen atoms in total. The van der Waals surface area contributed by atoms with Crippen LogP contribution in [0.5, 0.6) is 0 Å². The van der Waals surface area contributed by atoms with Gasteiger partial charge in [-0.15, -0.1) is 23.1 Å². The van der Waals surface area contributed by atoms with Crippen LogP contribution in [0.3, 0.4) is 0 Å². The highest BCUT2D eigenvalue weighted by Crippen LogP contribution is 2.33.